The first kappa shape index (κ1) is 54.4. The number of nitrogens with zero attached hydrogens (tertiary/aromatic N) is 2. The van der Waals surface area contributed by atoms with E-state index in [0.29, 0.717) is 37.3 Å². The third-order valence-electron chi connectivity index (χ3n) is 13.3. The second-order valence-corrected chi connectivity index (χ2v) is 18.7. The first-order chi connectivity index (χ1) is 31.2. The number of hydrogen-bond acceptors (Lipinski definition) is 6. The molecule has 2 fully saturated rings. The van der Waals surface area contributed by atoms with E-state index < -0.39 is 23.7 Å². The number of carbonyl (C=O) groups excluding carboxylic acids is 6. The van der Waals surface area contributed by atoms with Crippen LogP contribution in [0.15, 0.2) is 24.3 Å². The van der Waals surface area contributed by atoms with Crippen LogP contribution < -0.4 is 21.3 Å². The number of rotatable bonds is 34. The van der Waals surface area contributed by atoms with E-state index in [1.165, 1.54) is 77.0 Å². The van der Waals surface area contributed by atoms with Gasteiger partial charge in [-0.25, -0.2) is 0 Å². The van der Waals surface area contributed by atoms with Crippen LogP contribution in [0.4, 0.5) is 0 Å². The molecule has 4 atom stereocenters. The fourth-order valence-electron chi connectivity index (χ4n) is 9.11. The maximum atomic E-state index is 14.0. The van der Waals surface area contributed by atoms with Crippen molar-refractivity contribution in [2.24, 2.45) is 23.7 Å². The molecule has 0 spiro atoms. The molecule has 1 aromatic carbocycles. The highest BCUT2D eigenvalue weighted by molar-refractivity contribution is 6.00. The van der Waals surface area contributed by atoms with Crippen molar-refractivity contribution in [3.05, 3.63) is 35.4 Å². The van der Waals surface area contributed by atoms with Gasteiger partial charge in [-0.1, -0.05) is 156 Å². The fraction of sp³-hybridized carbons (Fsp3) is 0.769. The molecule has 12 heteroatoms. The van der Waals surface area contributed by atoms with Crippen LogP contribution in [0.25, 0.3) is 0 Å². The number of nitrogens with one attached hydrogen (secondary N) is 4. The number of hydrogen-bond donors (Lipinski definition) is 4. The summed E-state index contributed by atoms with van der Waals surface area (Å²) in [6.45, 7) is 11.5. The molecule has 0 bridgehead atoms. The molecule has 4 N–H and O–H groups in total. The maximum absolute atomic E-state index is 14.0. The minimum atomic E-state index is -0.656. The zero-order valence-corrected chi connectivity index (χ0v) is 40.6. The highest BCUT2D eigenvalue weighted by Gasteiger charge is 2.45. The van der Waals surface area contributed by atoms with Gasteiger partial charge in [-0.2, -0.15) is 0 Å². The smallest absolute Gasteiger partial charge is 0.253 e. The Kier molecular flexibility index (Phi) is 27.7. The molecule has 362 valence electrons. The van der Waals surface area contributed by atoms with Crippen molar-refractivity contribution in [2.45, 2.75) is 182 Å². The Morgan fingerprint density at radius 1 is 0.359 bits per heavy atom. The average molecular weight is 893 g/mol. The van der Waals surface area contributed by atoms with Crippen LogP contribution in [0.3, 0.4) is 0 Å². The van der Waals surface area contributed by atoms with Gasteiger partial charge in [0, 0.05) is 63.5 Å². The monoisotopic (exact) mass is 893 g/mol. The van der Waals surface area contributed by atoms with Crippen molar-refractivity contribution in [3.8, 4) is 0 Å². The molecule has 0 radical (unpaired) electrons. The van der Waals surface area contributed by atoms with E-state index in [1.807, 2.05) is 0 Å². The highest BCUT2D eigenvalue weighted by Crippen LogP contribution is 2.28. The fourth-order valence-corrected chi connectivity index (χ4v) is 9.11. The van der Waals surface area contributed by atoms with Gasteiger partial charge in [-0.15, -0.1) is 0 Å². The third-order valence-corrected chi connectivity index (χ3v) is 13.3. The summed E-state index contributed by atoms with van der Waals surface area (Å²) >= 11 is 0. The van der Waals surface area contributed by atoms with Crippen molar-refractivity contribution in [2.75, 3.05) is 52.4 Å². The number of likely N-dealkylation sites (tertiary alicyclic amines) is 2. The molecule has 2 aliphatic heterocycles. The lowest BCUT2D eigenvalue weighted by Gasteiger charge is -2.18. The van der Waals surface area contributed by atoms with Crippen LogP contribution in [0.2, 0.25) is 0 Å². The van der Waals surface area contributed by atoms with Crippen LogP contribution in [-0.4, -0.2) is 97.6 Å². The molecule has 2 aliphatic rings. The van der Waals surface area contributed by atoms with Crippen LogP contribution in [0.1, 0.15) is 203 Å². The van der Waals surface area contributed by atoms with Gasteiger partial charge in [0.25, 0.3) is 11.8 Å². The molecule has 12 nitrogen and oxygen atoms in total. The van der Waals surface area contributed by atoms with E-state index >= 15 is 0 Å². The summed E-state index contributed by atoms with van der Waals surface area (Å²) in [7, 11) is 0. The topological polar surface area (TPSA) is 157 Å². The Labute approximate surface area is 387 Å². The lowest BCUT2D eigenvalue weighted by atomic mass is 9.94. The van der Waals surface area contributed by atoms with E-state index in [-0.39, 0.29) is 61.6 Å². The van der Waals surface area contributed by atoms with Gasteiger partial charge in [-0.3, -0.25) is 28.8 Å². The van der Waals surface area contributed by atoms with Crippen LogP contribution in [-0.2, 0) is 19.2 Å². The summed E-state index contributed by atoms with van der Waals surface area (Å²) in [5, 5.41) is 12.2. The quantitative estimate of drug-likeness (QED) is 0.0507. The maximum Gasteiger partial charge on any atom is 0.253 e. The number of benzene rings is 1. The van der Waals surface area contributed by atoms with Gasteiger partial charge in [0.2, 0.25) is 23.6 Å². The molecule has 6 amide bonds. The molecular weight excluding hydrogens is 805 g/mol. The normalized spacial score (nSPS) is 18.2. The van der Waals surface area contributed by atoms with Gasteiger partial charge in [0.1, 0.15) is 0 Å². The van der Waals surface area contributed by atoms with Crippen LogP contribution in [0, 0.1) is 23.7 Å². The molecule has 0 saturated carbocycles. The Balaban J connectivity index is 1.65. The van der Waals surface area contributed by atoms with Gasteiger partial charge in [0.15, 0.2) is 0 Å². The predicted octanol–water partition coefficient (Wildman–Crippen LogP) is 8.97. The molecular formula is C52H88N6O6. The summed E-state index contributed by atoms with van der Waals surface area (Å²) < 4.78 is 0. The van der Waals surface area contributed by atoms with E-state index in [1.54, 1.807) is 34.1 Å². The molecule has 0 aromatic heterocycles. The van der Waals surface area contributed by atoms with E-state index in [9.17, 15) is 28.8 Å². The lowest BCUT2D eigenvalue weighted by molar-refractivity contribution is -0.132. The molecule has 2 heterocycles. The SMILES string of the molecule is CCCCCCCCNC(=O)[C@@H]1CN(C(=O)c2ccc(C(=O)N3C[C@@H](C(=O)NCCCCCCCC)[C@H](C(=O)NCCCCCCCC)C3)cc2)C[C@H]1C(=O)NCCCCCCCC. The first-order valence-corrected chi connectivity index (χ1v) is 26.0. The molecule has 64 heavy (non-hydrogen) atoms. The Morgan fingerprint density at radius 2 is 0.562 bits per heavy atom. The number of carbonyl (C=O) groups is 6. The van der Waals surface area contributed by atoms with E-state index in [4.69, 9.17) is 0 Å². The third kappa shape index (κ3) is 19.6. The molecule has 2 saturated heterocycles. The minimum Gasteiger partial charge on any atom is -0.356 e. The zero-order valence-electron chi connectivity index (χ0n) is 40.6. The summed E-state index contributed by atoms with van der Waals surface area (Å²) in [6, 6.07) is 6.45. The second kappa shape index (κ2) is 32.7. The minimum absolute atomic E-state index is 0.134. The van der Waals surface area contributed by atoms with Gasteiger partial charge >= 0.3 is 0 Å². The molecule has 0 unspecified atom stereocenters. The number of amides is 6. The number of unbranched alkanes of at least 4 members (excludes halogenated alkanes) is 20. The second-order valence-electron chi connectivity index (χ2n) is 18.7. The zero-order chi connectivity index (χ0) is 46.4. The van der Waals surface area contributed by atoms with Crippen molar-refractivity contribution in [1.29, 1.82) is 0 Å². The summed E-state index contributed by atoms with van der Waals surface area (Å²) in [4.78, 5) is 85.3. The summed E-state index contributed by atoms with van der Waals surface area (Å²) in [6.07, 6.45) is 26.5. The van der Waals surface area contributed by atoms with Gasteiger partial charge in [0.05, 0.1) is 23.7 Å². The Hall–Kier alpha value is -3.96. The van der Waals surface area contributed by atoms with Crippen molar-refractivity contribution in [1.82, 2.24) is 31.1 Å². The van der Waals surface area contributed by atoms with E-state index in [0.717, 1.165) is 77.0 Å². The Bertz CT molecular complexity index is 1330. The average Bonchev–Trinajstić information content (AvgIpc) is 3.97. The van der Waals surface area contributed by atoms with Crippen LogP contribution >= 0.6 is 0 Å². The standard InChI is InChI=1S/C52H88N6O6/c1-5-9-13-17-21-25-33-53-47(59)43-37-57(38-44(43)48(60)54-34-26-22-18-14-10-6-2)51(63)41-29-31-42(32-30-41)52(64)58-39-45(49(61)55-35-27-23-19-15-11-7-3)46(40-58)50(62)56-36-28-24-20-16-12-8-4/h29-32,43-46H,5-28,33-40H2,1-4H3,(H,53,59)(H,54,60)(H,55,61)(H,56,62)/t43-,44-,45-,46-/m1/s1. The van der Waals surface area contributed by atoms with Crippen molar-refractivity contribution >= 4 is 35.4 Å². The lowest BCUT2D eigenvalue weighted by Crippen LogP contribution is -2.42. The Morgan fingerprint density at radius 3 is 0.781 bits per heavy atom. The van der Waals surface area contributed by atoms with Crippen molar-refractivity contribution in [3.63, 3.8) is 0 Å². The molecule has 0 aliphatic carbocycles. The summed E-state index contributed by atoms with van der Waals surface area (Å²) in [5.41, 5.74) is 0.715. The molecule has 3 rings (SSSR count). The summed E-state index contributed by atoms with van der Waals surface area (Å²) in [5.74, 6) is -4.01. The van der Waals surface area contributed by atoms with Gasteiger partial charge < -0.3 is 31.1 Å². The van der Waals surface area contributed by atoms with E-state index in [2.05, 4.69) is 49.0 Å². The highest BCUT2D eigenvalue weighted by atomic mass is 16.2. The van der Waals surface area contributed by atoms with Crippen LogP contribution in [0.5, 0.6) is 0 Å². The first-order valence-electron chi connectivity index (χ1n) is 26.0. The van der Waals surface area contributed by atoms with Gasteiger partial charge in [-0.05, 0) is 49.9 Å². The molecule has 1 aromatic rings. The largest absolute Gasteiger partial charge is 0.356 e. The van der Waals surface area contributed by atoms with Crippen molar-refractivity contribution < 1.29 is 28.8 Å². The predicted molar refractivity (Wildman–Crippen MR) is 258 cm³/mol.